The van der Waals surface area contributed by atoms with Crippen LogP contribution in [0.2, 0.25) is 0 Å². The average molecular weight is 416 g/mol. The molecule has 9 heteroatoms. The number of carbonyl (C=O) groups is 2. The van der Waals surface area contributed by atoms with Crippen LogP contribution in [-0.4, -0.2) is 71.1 Å². The van der Waals surface area contributed by atoms with Crippen LogP contribution in [0.25, 0.3) is 10.6 Å². The minimum atomic E-state index is -0.0375. The Bertz CT molecular complexity index is 912. The number of thiophene rings is 2. The maximum absolute atomic E-state index is 12.7. The van der Waals surface area contributed by atoms with Crippen LogP contribution >= 0.6 is 22.7 Å². The van der Waals surface area contributed by atoms with Gasteiger partial charge in [-0.2, -0.15) is 16.4 Å². The molecule has 1 saturated heterocycles. The van der Waals surface area contributed by atoms with Gasteiger partial charge in [0.05, 0.1) is 10.6 Å². The van der Waals surface area contributed by atoms with E-state index in [0.717, 1.165) is 30.2 Å². The van der Waals surface area contributed by atoms with Gasteiger partial charge in [-0.1, -0.05) is 6.07 Å². The maximum atomic E-state index is 12.7. The van der Waals surface area contributed by atoms with Gasteiger partial charge in [-0.15, -0.1) is 11.3 Å². The summed E-state index contributed by atoms with van der Waals surface area (Å²) in [5, 5.41) is 15.8. The van der Waals surface area contributed by atoms with Crippen molar-refractivity contribution in [1.82, 2.24) is 25.3 Å². The summed E-state index contributed by atoms with van der Waals surface area (Å²) in [7, 11) is 0. The molecule has 3 aromatic heterocycles. The van der Waals surface area contributed by atoms with Crippen molar-refractivity contribution in [3.8, 4) is 10.6 Å². The molecular weight excluding hydrogens is 394 g/mol. The molecule has 4 rings (SSSR count). The summed E-state index contributed by atoms with van der Waals surface area (Å²) in [6.45, 7) is 4.30. The standard InChI is InChI=1S/C19H21N5O2S2/c25-18(14-3-11-27-13-14)20-4-5-23-6-8-24(9-7-23)19(26)16-12-15(21-22-16)17-2-1-10-28-17/h1-3,10-13H,4-9H2,(H,20,25)(H,21,22). The lowest BCUT2D eigenvalue weighted by atomic mass is 10.2. The third-order valence-corrected chi connectivity index (χ3v) is 6.33. The molecule has 7 nitrogen and oxygen atoms in total. The number of aromatic amines is 1. The first kappa shape index (κ1) is 18.9. The van der Waals surface area contributed by atoms with E-state index < -0.39 is 0 Å². The van der Waals surface area contributed by atoms with Gasteiger partial charge in [-0.3, -0.25) is 19.6 Å². The molecule has 0 saturated carbocycles. The lowest BCUT2D eigenvalue weighted by Crippen LogP contribution is -2.50. The number of amides is 2. The maximum Gasteiger partial charge on any atom is 0.274 e. The van der Waals surface area contributed by atoms with Gasteiger partial charge in [0, 0.05) is 50.2 Å². The van der Waals surface area contributed by atoms with Crippen LogP contribution in [0.4, 0.5) is 0 Å². The van der Waals surface area contributed by atoms with Gasteiger partial charge in [0.25, 0.3) is 11.8 Å². The number of aromatic nitrogens is 2. The number of carbonyl (C=O) groups excluding carboxylic acids is 2. The minimum absolute atomic E-state index is 0.0323. The van der Waals surface area contributed by atoms with E-state index in [4.69, 9.17) is 0 Å². The molecule has 1 aliphatic heterocycles. The van der Waals surface area contributed by atoms with E-state index in [0.29, 0.717) is 30.9 Å². The second-order valence-electron chi connectivity index (χ2n) is 6.55. The monoisotopic (exact) mass is 415 g/mol. The molecule has 0 radical (unpaired) electrons. The van der Waals surface area contributed by atoms with Crippen molar-refractivity contribution in [2.75, 3.05) is 39.3 Å². The van der Waals surface area contributed by atoms with Crippen LogP contribution in [0.1, 0.15) is 20.8 Å². The fourth-order valence-electron chi connectivity index (χ4n) is 3.15. The number of hydrogen-bond donors (Lipinski definition) is 2. The van der Waals surface area contributed by atoms with Gasteiger partial charge in [0.15, 0.2) is 5.69 Å². The molecule has 3 aromatic rings. The van der Waals surface area contributed by atoms with E-state index in [9.17, 15) is 9.59 Å². The van der Waals surface area contributed by atoms with E-state index >= 15 is 0 Å². The number of nitrogens with zero attached hydrogens (tertiary/aromatic N) is 3. The van der Waals surface area contributed by atoms with Gasteiger partial charge in [-0.05, 0) is 29.0 Å². The van der Waals surface area contributed by atoms with Crippen LogP contribution in [0.3, 0.4) is 0 Å². The molecule has 2 N–H and O–H groups in total. The van der Waals surface area contributed by atoms with Crippen molar-refractivity contribution >= 4 is 34.5 Å². The molecule has 1 fully saturated rings. The van der Waals surface area contributed by atoms with Crippen LogP contribution in [0, 0.1) is 0 Å². The SMILES string of the molecule is O=C(NCCN1CCN(C(=O)c2cc(-c3cccs3)[nH]n2)CC1)c1ccsc1. The minimum Gasteiger partial charge on any atom is -0.351 e. The van der Waals surface area contributed by atoms with Crippen LogP contribution < -0.4 is 5.32 Å². The first-order valence-electron chi connectivity index (χ1n) is 9.12. The summed E-state index contributed by atoms with van der Waals surface area (Å²) >= 11 is 3.13. The summed E-state index contributed by atoms with van der Waals surface area (Å²) in [6.07, 6.45) is 0. The lowest BCUT2D eigenvalue weighted by Gasteiger charge is -2.34. The Morgan fingerprint density at radius 2 is 2.04 bits per heavy atom. The quantitative estimate of drug-likeness (QED) is 0.648. The Balaban J connectivity index is 1.23. The summed E-state index contributed by atoms with van der Waals surface area (Å²) in [4.78, 5) is 29.8. The predicted octanol–water partition coefficient (Wildman–Crippen LogP) is 2.39. The molecule has 0 bridgehead atoms. The van der Waals surface area contributed by atoms with Crippen molar-refractivity contribution < 1.29 is 9.59 Å². The number of hydrogen-bond acceptors (Lipinski definition) is 6. The van der Waals surface area contributed by atoms with Crippen molar-refractivity contribution in [1.29, 1.82) is 0 Å². The molecule has 0 aromatic carbocycles. The van der Waals surface area contributed by atoms with E-state index in [1.165, 1.54) is 11.3 Å². The zero-order chi connectivity index (χ0) is 19.3. The van der Waals surface area contributed by atoms with Crippen molar-refractivity contribution in [2.45, 2.75) is 0 Å². The van der Waals surface area contributed by atoms with Gasteiger partial charge in [-0.25, -0.2) is 0 Å². The normalized spacial score (nSPS) is 14.9. The van der Waals surface area contributed by atoms with Crippen LogP contribution in [-0.2, 0) is 0 Å². The Labute approximate surface area is 171 Å². The van der Waals surface area contributed by atoms with E-state index in [1.54, 1.807) is 11.3 Å². The van der Waals surface area contributed by atoms with Gasteiger partial charge in [0.2, 0.25) is 0 Å². The number of piperazine rings is 1. The Kier molecular flexibility index (Phi) is 5.84. The molecule has 0 unspecified atom stereocenters. The zero-order valence-corrected chi connectivity index (χ0v) is 16.9. The molecule has 146 valence electrons. The molecule has 2 amide bonds. The van der Waals surface area contributed by atoms with Gasteiger partial charge < -0.3 is 10.2 Å². The summed E-state index contributed by atoms with van der Waals surface area (Å²) in [5.41, 5.74) is 2.04. The van der Waals surface area contributed by atoms with Crippen LogP contribution in [0.15, 0.2) is 40.4 Å². The summed E-state index contributed by atoms with van der Waals surface area (Å²) < 4.78 is 0. The fraction of sp³-hybridized carbons (Fsp3) is 0.316. The third kappa shape index (κ3) is 4.32. The number of H-pyrrole nitrogens is 1. The van der Waals surface area contributed by atoms with Crippen LogP contribution in [0.5, 0.6) is 0 Å². The highest BCUT2D eigenvalue weighted by Crippen LogP contribution is 2.23. The van der Waals surface area contributed by atoms with Gasteiger partial charge in [0.1, 0.15) is 0 Å². The van der Waals surface area contributed by atoms with E-state index in [2.05, 4.69) is 20.4 Å². The molecule has 28 heavy (non-hydrogen) atoms. The second kappa shape index (κ2) is 8.68. The van der Waals surface area contributed by atoms with Crippen molar-refractivity contribution in [2.24, 2.45) is 0 Å². The summed E-state index contributed by atoms with van der Waals surface area (Å²) in [6, 6.07) is 7.62. The first-order valence-corrected chi connectivity index (χ1v) is 10.9. The fourth-order valence-corrected chi connectivity index (χ4v) is 4.48. The topological polar surface area (TPSA) is 81.3 Å². The van der Waals surface area contributed by atoms with E-state index in [-0.39, 0.29) is 11.8 Å². The molecule has 0 spiro atoms. The third-order valence-electron chi connectivity index (χ3n) is 4.74. The molecule has 1 aliphatic rings. The zero-order valence-electron chi connectivity index (χ0n) is 15.3. The predicted molar refractivity (Wildman–Crippen MR) is 111 cm³/mol. The number of rotatable bonds is 6. The highest BCUT2D eigenvalue weighted by Gasteiger charge is 2.24. The second-order valence-corrected chi connectivity index (χ2v) is 8.27. The Morgan fingerprint density at radius 1 is 1.18 bits per heavy atom. The lowest BCUT2D eigenvalue weighted by molar-refractivity contribution is 0.0632. The average Bonchev–Trinajstić information content (AvgIpc) is 3.50. The highest BCUT2D eigenvalue weighted by atomic mass is 32.1. The first-order chi connectivity index (χ1) is 13.7. The highest BCUT2D eigenvalue weighted by molar-refractivity contribution is 7.13. The Hall–Kier alpha value is -2.49. The number of nitrogens with one attached hydrogen (secondary N) is 2. The summed E-state index contributed by atoms with van der Waals surface area (Å²) in [5.74, 6) is -0.0698. The molecule has 4 heterocycles. The molecule has 0 aliphatic carbocycles. The van der Waals surface area contributed by atoms with Crippen molar-refractivity contribution in [3.63, 3.8) is 0 Å². The molecular formula is C19H21N5O2S2. The van der Waals surface area contributed by atoms with Crippen molar-refractivity contribution in [3.05, 3.63) is 51.7 Å². The van der Waals surface area contributed by atoms with Gasteiger partial charge >= 0.3 is 0 Å². The smallest absolute Gasteiger partial charge is 0.274 e. The Morgan fingerprint density at radius 3 is 2.75 bits per heavy atom. The van der Waals surface area contributed by atoms with E-state index in [1.807, 2.05) is 45.3 Å². The molecule has 0 atom stereocenters. The largest absolute Gasteiger partial charge is 0.351 e.